The molecular weight excluding hydrogens is 304 g/mol. The highest BCUT2D eigenvalue weighted by Gasteiger charge is 2.30. The monoisotopic (exact) mass is 324 g/mol. The SMILES string of the molecule is CNC(=O)[C@H]1CCCCN1C(=O)/C=C/c1c(C)nn(C)c1Cl. The zero-order valence-electron chi connectivity index (χ0n) is 13.1. The number of nitrogens with one attached hydrogen (secondary N) is 1. The number of piperidine rings is 1. The number of likely N-dealkylation sites (N-methyl/N-ethyl adjacent to an activating group) is 1. The Balaban J connectivity index is 2.16. The first-order valence-corrected chi connectivity index (χ1v) is 7.73. The summed E-state index contributed by atoms with van der Waals surface area (Å²) in [5, 5.41) is 7.31. The molecule has 1 N–H and O–H groups in total. The van der Waals surface area contributed by atoms with Gasteiger partial charge in [-0.2, -0.15) is 5.10 Å². The fraction of sp³-hybridized carbons (Fsp3) is 0.533. The number of rotatable bonds is 3. The molecule has 1 saturated heterocycles. The van der Waals surface area contributed by atoms with Gasteiger partial charge in [-0.1, -0.05) is 11.6 Å². The summed E-state index contributed by atoms with van der Waals surface area (Å²) in [5.41, 5.74) is 1.49. The Labute approximate surface area is 135 Å². The van der Waals surface area contributed by atoms with Crippen LogP contribution in [0.3, 0.4) is 0 Å². The zero-order chi connectivity index (χ0) is 16.3. The number of hydrogen-bond acceptors (Lipinski definition) is 3. The third kappa shape index (κ3) is 3.32. The van der Waals surface area contributed by atoms with Gasteiger partial charge in [-0.3, -0.25) is 14.3 Å². The predicted molar refractivity (Wildman–Crippen MR) is 85.4 cm³/mol. The topological polar surface area (TPSA) is 67.2 Å². The van der Waals surface area contributed by atoms with Crippen molar-refractivity contribution in [2.75, 3.05) is 13.6 Å². The van der Waals surface area contributed by atoms with Crippen LogP contribution in [0.25, 0.3) is 6.08 Å². The zero-order valence-corrected chi connectivity index (χ0v) is 13.9. The molecule has 1 atom stereocenters. The number of hydrogen-bond donors (Lipinski definition) is 1. The number of likely N-dealkylation sites (tertiary alicyclic amines) is 1. The molecular formula is C15H21ClN4O2. The fourth-order valence-corrected chi connectivity index (χ4v) is 2.96. The van der Waals surface area contributed by atoms with Gasteiger partial charge in [0.25, 0.3) is 0 Å². The van der Waals surface area contributed by atoms with Crippen LogP contribution in [0.5, 0.6) is 0 Å². The van der Waals surface area contributed by atoms with Crippen molar-refractivity contribution in [2.24, 2.45) is 7.05 Å². The summed E-state index contributed by atoms with van der Waals surface area (Å²) in [7, 11) is 3.34. The highest BCUT2D eigenvalue weighted by atomic mass is 35.5. The standard InChI is InChI=1S/C15H21ClN4O2/c1-10-11(14(16)19(3)18-10)7-8-13(21)20-9-5-4-6-12(20)15(22)17-2/h7-8,12H,4-6,9H2,1-3H3,(H,17,22)/b8-7+/t12-/m1/s1. The molecule has 0 unspecified atom stereocenters. The molecule has 0 spiro atoms. The van der Waals surface area contributed by atoms with Gasteiger partial charge in [0.2, 0.25) is 11.8 Å². The molecule has 0 aromatic carbocycles. The summed E-state index contributed by atoms with van der Waals surface area (Å²) in [6.45, 7) is 2.44. The van der Waals surface area contributed by atoms with E-state index in [9.17, 15) is 9.59 Å². The Kier molecular flexibility index (Phi) is 5.24. The van der Waals surface area contributed by atoms with Crippen LogP contribution in [0.2, 0.25) is 5.15 Å². The molecule has 1 aliphatic rings. The van der Waals surface area contributed by atoms with Gasteiger partial charge in [-0.15, -0.1) is 0 Å². The van der Waals surface area contributed by atoms with Crippen molar-refractivity contribution in [1.82, 2.24) is 20.0 Å². The highest BCUT2D eigenvalue weighted by Crippen LogP contribution is 2.21. The summed E-state index contributed by atoms with van der Waals surface area (Å²) in [4.78, 5) is 25.9. The second-order valence-corrected chi connectivity index (χ2v) is 5.76. The van der Waals surface area contributed by atoms with E-state index in [1.165, 1.54) is 6.08 Å². The van der Waals surface area contributed by atoms with Gasteiger partial charge in [-0.25, -0.2) is 0 Å². The van der Waals surface area contributed by atoms with Crippen molar-refractivity contribution in [3.63, 3.8) is 0 Å². The third-order valence-corrected chi connectivity index (χ3v) is 4.37. The number of carbonyl (C=O) groups is 2. The molecule has 2 rings (SSSR count). The molecule has 7 heteroatoms. The summed E-state index contributed by atoms with van der Waals surface area (Å²) in [5.74, 6) is -0.287. The molecule has 22 heavy (non-hydrogen) atoms. The second-order valence-electron chi connectivity index (χ2n) is 5.40. The van der Waals surface area contributed by atoms with E-state index in [4.69, 9.17) is 11.6 Å². The Bertz CT molecular complexity index is 609. The van der Waals surface area contributed by atoms with Crippen LogP contribution in [0.4, 0.5) is 0 Å². The molecule has 2 amide bonds. The van der Waals surface area contributed by atoms with Crippen LogP contribution in [0.1, 0.15) is 30.5 Å². The number of aryl methyl sites for hydroxylation is 2. The van der Waals surface area contributed by atoms with Crippen LogP contribution in [0.15, 0.2) is 6.08 Å². The van der Waals surface area contributed by atoms with Gasteiger partial charge in [0.15, 0.2) is 0 Å². The first-order chi connectivity index (χ1) is 10.5. The molecule has 0 radical (unpaired) electrons. The molecule has 2 heterocycles. The molecule has 1 aromatic heterocycles. The van der Waals surface area contributed by atoms with E-state index in [-0.39, 0.29) is 17.9 Å². The van der Waals surface area contributed by atoms with Gasteiger partial charge in [0.1, 0.15) is 11.2 Å². The molecule has 0 saturated carbocycles. The first-order valence-electron chi connectivity index (χ1n) is 7.35. The first kappa shape index (κ1) is 16.5. The summed E-state index contributed by atoms with van der Waals surface area (Å²) in [6, 6.07) is -0.388. The normalized spacial score (nSPS) is 18.7. The van der Waals surface area contributed by atoms with E-state index in [1.807, 2.05) is 6.92 Å². The van der Waals surface area contributed by atoms with Crippen LogP contribution in [0, 0.1) is 6.92 Å². The quantitative estimate of drug-likeness (QED) is 0.857. The maximum Gasteiger partial charge on any atom is 0.247 e. The lowest BCUT2D eigenvalue weighted by molar-refractivity contribution is -0.138. The molecule has 1 aliphatic heterocycles. The molecule has 1 fully saturated rings. The maximum atomic E-state index is 12.4. The van der Waals surface area contributed by atoms with Crippen LogP contribution >= 0.6 is 11.6 Å². The average Bonchev–Trinajstić information content (AvgIpc) is 2.77. The van der Waals surface area contributed by atoms with E-state index in [0.717, 1.165) is 24.1 Å². The molecule has 120 valence electrons. The van der Waals surface area contributed by atoms with E-state index < -0.39 is 0 Å². The largest absolute Gasteiger partial charge is 0.357 e. The lowest BCUT2D eigenvalue weighted by Gasteiger charge is -2.33. The number of carbonyl (C=O) groups excluding carboxylic acids is 2. The Morgan fingerprint density at radius 2 is 2.14 bits per heavy atom. The van der Waals surface area contributed by atoms with Gasteiger partial charge in [-0.05, 0) is 32.3 Å². The molecule has 1 aromatic rings. The smallest absolute Gasteiger partial charge is 0.247 e. The van der Waals surface area contributed by atoms with Crippen molar-refractivity contribution in [2.45, 2.75) is 32.2 Å². The number of aromatic nitrogens is 2. The highest BCUT2D eigenvalue weighted by molar-refractivity contribution is 6.31. The average molecular weight is 325 g/mol. The Morgan fingerprint density at radius 1 is 1.41 bits per heavy atom. The van der Waals surface area contributed by atoms with Crippen molar-refractivity contribution in [1.29, 1.82) is 0 Å². The summed E-state index contributed by atoms with van der Waals surface area (Å²) >= 11 is 6.15. The van der Waals surface area contributed by atoms with Crippen molar-refractivity contribution >= 4 is 29.5 Å². The number of amides is 2. The van der Waals surface area contributed by atoms with Gasteiger partial charge >= 0.3 is 0 Å². The summed E-state index contributed by atoms with van der Waals surface area (Å²) in [6.07, 6.45) is 5.71. The summed E-state index contributed by atoms with van der Waals surface area (Å²) < 4.78 is 1.56. The molecule has 0 bridgehead atoms. The minimum Gasteiger partial charge on any atom is -0.357 e. The Hall–Kier alpha value is -1.82. The number of nitrogens with zero attached hydrogens (tertiary/aromatic N) is 3. The predicted octanol–water partition coefficient (Wildman–Crippen LogP) is 1.52. The number of halogens is 1. The van der Waals surface area contributed by atoms with E-state index >= 15 is 0 Å². The minimum absolute atomic E-state index is 0.114. The van der Waals surface area contributed by atoms with Gasteiger partial charge < -0.3 is 10.2 Å². The fourth-order valence-electron chi connectivity index (χ4n) is 2.72. The van der Waals surface area contributed by atoms with Crippen molar-refractivity contribution in [3.05, 3.63) is 22.5 Å². The van der Waals surface area contributed by atoms with Crippen molar-refractivity contribution < 1.29 is 9.59 Å². The molecule has 6 nitrogen and oxygen atoms in total. The lowest BCUT2D eigenvalue weighted by Crippen LogP contribution is -2.50. The third-order valence-electron chi connectivity index (χ3n) is 3.92. The Morgan fingerprint density at radius 3 is 2.73 bits per heavy atom. The van der Waals surface area contributed by atoms with Crippen LogP contribution < -0.4 is 5.32 Å². The van der Waals surface area contributed by atoms with E-state index in [2.05, 4.69) is 10.4 Å². The van der Waals surface area contributed by atoms with Crippen LogP contribution in [-0.2, 0) is 16.6 Å². The minimum atomic E-state index is -0.388. The van der Waals surface area contributed by atoms with Gasteiger partial charge in [0, 0.05) is 32.3 Å². The lowest BCUT2D eigenvalue weighted by atomic mass is 10.0. The van der Waals surface area contributed by atoms with E-state index in [1.54, 1.807) is 29.8 Å². The maximum absolute atomic E-state index is 12.4. The molecule has 0 aliphatic carbocycles. The van der Waals surface area contributed by atoms with Gasteiger partial charge in [0.05, 0.1) is 5.69 Å². The van der Waals surface area contributed by atoms with Crippen molar-refractivity contribution in [3.8, 4) is 0 Å². The second kappa shape index (κ2) is 6.96. The van der Waals surface area contributed by atoms with E-state index in [0.29, 0.717) is 18.1 Å². The van der Waals surface area contributed by atoms with Crippen LogP contribution in [-0.4, -0.2) is 46.1 Å².